The molecular formula is C21H26N2O3. The van der Waals surface area contributed by atoms with Crippen LogP contribution in [0.5, 0.6) is 0 Å². The molecule has 1 atom stereocenters. The van der Waals surface area contributed by atoms with Gasteiger partial charge < -0.3 is 19.6 Å². The van der Waals surface area contributed by atoms with E-state index >= 15 is 0 Å². The highest BCUT2D eigenvalue weighted by Crippen LogP contribution is 2.34. The van der Waals surface area contributed by atoms with Crippen molar-refractivity contribution < 1.29 is 14.6 Å². The van der Waals surface area contributed by atoms with Crippen molar-refractivity contribution in [3.05, 3.63) is 59.7 Å². The summed E-state index contributed by atoms with van der Waals surface area (Å²) < 4.78 is 5.39. The van der Waals surface area contributed by atoms with Crippen molar-refractivity contribution in [2.45, 2.75) is 12.3 Å². The first kappa shape index (κ1) is 18.3. The van der Waals surface area contributed by atoms with Crippen LogP contribution >= 0.6 is 0 Å². The fraction of sp³-hybridized carbons (Fsp3) is 0.381. The molecule has 0 aliphatic carbocycles. The highest BCUT2D eigenvalue weighted by Gasteiger charge is 2.37. The van der Waals surface area contributed by atoms with Crippen LogP contribution in [-0.4, -0.2) is 51.5 Å². The van der Waals surface area contributed by atoms with Gasteiger partial charge >= 0.3 is 5.97 Å². The Morgan fingerprint density at radius 1 is 1.00 bits per heavy atom. The zero-order valence-corrected chi connectivity index (χ0v) is 15.6. The van der Waals surface area contributed by atoms with E-state index < -0.39 is 11.4 Å². The summed E-state index contributed by atoms with van der Waals surface area (Å²) in [6, 6.07) is 15.6. The second kappa shape index (κ2) is 7.38. The van der Waals surface area contributed by atoms with E-state index in [1.165, 1.54) is 0 Å². The van der Waals surface area contributed by atoms with Crippen LogP contribution in [0.1, 0.15) is 18.1 Å². The smallest absolute Gasteiger partial charge is 0.318 e. The number of morpholine rings is 1. The third kappa shape index (κ3) is 3.40. The predicted molar refractivity (Wildman–Crippen MR) is 104 cm³/mol. The molecule has 2 aromatic rings. The minimum Gasteiger partial charge on any atom is -0.480 e. The van der Waals surface area contributed by atoms with Crippen LogP contribution in [0.15, 0.2) is 48.5 Å². The number of carbonyl (C=O) groups is 1. The number of carboxylic acid groups (broad SMARTS) is 1. The maximum absolute atomic E-state index is 12.2. The van der Waals surface area contributed by atoms with Crippen molar-refractivity contribution in [3.63, 3.8) is 0 Å². The van der Waals surface area contributed by atoms with Gasteiger partial charge in [-0.2, -0.15) is 0 Å². The summed E-state index contributed by atoms with van der Waals surface area (Å²) in [4.78, 5) is 16.5. The topological polar surface area (TPSA) is 53.0 Å². The second-order valence-electron chi connectivity index (χ2n) is 7.02. The fourth-order valence-corrected chi connectivity index (χ4v) is 3.33. The Bertz CT molecular complexity index is 750. The van der Waals surface area contributed by atoms with Gasteiger partial charge in [0, 0.05) is 38.6 Å². The molecule has 1 aliphatic rings. The maximum Gasteiger partial charge on any atom is 0.318 e. The van der Waals surface area contributed by atoms with Gasteiger partial charge in [0.05, 0.1) is 13.2 Å². The van der Waals surface area contributed by atoms with E-state index in [0.29, 0.717) is 0 Å². The molecule has 0 aromatic heterocycles. The third-order valence-corrected chi connectivity index (χ3v) is 5.21. The van der Waals surface area contributed by atoms with Crippen LogP contribution in [0.3, 0.4) is 0 Å². The zero-order valence-electron chi connectivity index (χ0n) is 15.6. The van der Waals surface area contributed by atoms with Crippen LogP contribution in [-0.2, 0) is 14.9 Å². The maximum atomic E-state index is 12.2. The summed E-state index contributed by atoms with van der Waals surface area (Å²) >= 11 is 0. The Morgan fingerprint density at radius 2 is 1.50 bits per heavy atom. The lowest BCUT2D eigenvalue weighted by Crippen LogP contribution is -2.36. The number of aliphatic carboxylic acids is 1. The van der Waals surface area contributed by atoms with E-state index in [-0.39, 0.29) is 0 Å². The number of ether oxygens (including phenoxy) is 1. The molecule has 0 bridgehead atoms. The molecular weight excluding hydrogens is 328 g/mol. The Balaban J connectivity index is 1.92. The van der Waals surface area contributed by atoms with Crippen molar-refractivity contribution in [2.24, 2.45) is 0 Å². The third-order valence-electron chi connectivity index (χ3n) is 5.21. The summed E-state index contributed by atoms with van der Waals surface area (Å²) in [5, 5.41) is 10.00. The minimum atomic E-state index is -1.09. The van der Waals surface area contributed by atoms with Gasteiger partial charge in [0.1, 0.15) is 5.41 Å². The highest BCUT2D eigenvalue weighted by molar-refractivity contribution is 5.86. The van der Waals surface area contributed by atoms with Gasteiger partial charge in [-0.15, -0.1) is 0 Å². The van der Waals surface area contributed by atoms with Crippen LogP contribution in [0.4, 0.5) is 11.4 Å². The predicted octanol–water partition coefficient (Wildman–Crippen LogP) is 2.98. The quantitative estimate of drug-likeness (QED) is 0.895. The molecule has 1 heterocycles. The van der Waals surface area contributed by atoms with Crippen LogP contribution in [0.2, 0.25) is 0 Å². The van der Waals surface area contributed by atoms with Crippen molar-refractivity contribution >= 4 is 17.3 Å². The molecule has 2 aromatic carbocycles. The van der Waals surface area contributed by atoms with Crippen LogP contribution < -0.4 is 9.80 Å². The summed E-state index contributed by atoms with van der Waals surface area (Å²) in [5.41, 5.74) is 2.61. The van der Waals surface area contributed by atoms with E-state index in [9.17, 15) is 9.90 Å². The summed E-state index contributed by atoms with van der Waals surface area (Å²) in [6.45, 7) is 4.95. The molecule has 3 rings (SSSR count). The van der Waals surface area contributed by atoms with Crippen LogP contribution in [0, 0.1) is 0 Å². The fourth-order valence-electron chi connectivity index (χ4n) is 3.33. The number of anilines is 2. The molecule has 5 heteroatoms. The number of benzene rings is 2. The Kier molecular flexibility index (Phi) is 5.18. The molecule has 0 amide bonds. The van der Waals surface area contributed by atoms with Crippen LogP contribution in [0.25, 0.3) is 0 Å². The van der Waals surface area contributed by atoms with E-state index in [4.69, 9.17) is 4.74 Å². The molecule has 1 N–H and O–H groups in total. The monoisotopic (exact) mass is 354 g/mol. The largest absolute Gasteiger partial charge is 0.480 e. The second-order valence-corrected chi connectivity index (χ2v) is 7.02. The molecule has 0 radical (unpaired) electrons. The van der Waals surface area contributed by atoms with E-state index in [2.05, 4.69) is 4.90 Å². The number of hydrogen-bond donors (Lipinski definition) is 1. The van der Waals surface area contributed by atoms with Crippen molar-refractivity contribution in [3.8, 4) is 0 Å². The van der Waals surface area contributed by atoms with Gasteiger partial charge in [-0.25, -0.2) is 0 Å². The molecule has 0 spiro atoms. The first-order valence-corrected chi connectivity index (χ1v) is 8.87. The standard InChI is InChI=1S/C21H26N2O3/c1-21(20(24)25,16-4-8-18(9-5-16)22(2)3)17-6-10-19(11-7-17)23-12-14-26-15-13-23/h4-11H,12-15H2,1-3H3,(H,24,25). The molecule has 5 nitrogen and oxygen atoms in total. The Morgan fingerprint density at radius 3 is 1.96 bits per heavy atom. The first-order chi connectivity index (χ1) is 12.4. The normalized spacial score (nSPS) is 16.8. The lowest BCUT2D eigenvalue weighted by molar-refractivity contribution is -0.141. The molecule has 1 saturated heterocycles. The highest BCUT2D eigenvalue weighted by atomic mass is 16.5. The lowest BCUT2D eigenvalue weighted by atomic mass is 9.76. The summed E-state index contributed by atoms with van der Waals surface area (Å²) in [7, 11) is 3.94. The molecule has 1 unspecified atom stereocenters. The minimum absolute atomic E-state index is 0.729. The molecule has 138 valence electrons. The first-order valence-electron chi connectivity index (χ1n) is 8.87. The zero-order chi connectivity index (χ0) is 18.7. The van der Waals surface area contributed by atoms with Crippen molar-refractivity contribution in [1.82, 2.24) is 0 Å². The Hall–Kier alpha value is -2.53. The van der Waals surface area contributed by atoms with Gasteiger partial charge in [-0.1, -0.05) is 24.3 Å². The Labute approximate surface area is 154 Å². The average molecular weight is 354 g/mol. The van der Waals surface area contributed by atoms with Crippen molar-refractivity contribution in [1.29, 1.82) is 0 Å². The molecule has 0 saturated carbocycles. The van der Waals surface area contributed by atoms with Gasteiger partial charge in [0.15, 0.2) is 0 Å². The molecule has 1 fully saturated rings. The number of hydrogen-bond acceptors (Lipinski definition) is 4. The lowest BCUT2D eigenvalue weighted by Gasteiger charge is -2.30. The van der Waals surface area contributed by atoms with Gasteiger partial charge in [-0.05, 0) is 42.3 Å². The number of carboxylic acids is 1. The van der Waals surface area contributed by atoms with E-state index in [0.717, 1.165) is 48.8 Å². The van der Waals surface area contributed by atoms with Gasteiger partial charge in [0.2, 0.25) is 0 Å². The number of nitrogens with zero attached hydrogens (tertiary/aromatic N) is 2. The molecule has 1 aliphatic heterocycles. The molecule has 26 heavy (non-hydrogen) atoms. The number of rotatable bonds is 5. The van der Waals surface area contributed by atoms with Gasteiger partial charge in [-0.3, -0.25) is 4.79 Å². The summed E-state index contributed by atoms with van der Waals surface area (Å²) in [5.74, 6) is -0.853. The van der Waals surface area contributed by atoms with Crippen molar-refractivity contribution in [2.75, 3.05) is 50.2 Å². The van der Waals surface area contributed by atoms with Gasteiger partial charge in [0.25, 0.3) is 0 Å². The van der Waals surface area contributed by atoms with E-state index in [1.807, 2.05) is 67.5 Å². The van der Waals surface area contributed by atoms with E-state index in [1.54, 1.807) is 6.92 Å². The average Bonchev–Trinajstić information content (AvgIpc) is 2.68. The SMILES string of the molecule is CN(C)c1ccc(C(C)(C(=O)O)c2ccc(N3CCOCC3)cc2)cc1. The summed E-state index contributed by atoms with van der Waals surface area (Å²) in [6.07, 6.45) is 0.